The maximum absolute atomic E-state index is 11.3. The molecule has 0 fully saturated rings. The molecule has 0 saturated heterocycles. The second kappa shape index (κ2) is 7.25. The minimum absolute atomic E-state index is 0.233. The van der Waals surface area contributed by atoms with Crippen molar-refractivity contribution in [2.24, 2.45) is 0 Å². The first-order valence-electron chi connectivity index (χ1n) is 8.61. The lowest BCUT2D eigenvalue weighted by molar-refractivity contribution is 0.0697. The highest BCUT2D eigenvalue weighted by atomic mass is 35.5. The lowest BCUT2D eigenvalue weighted by Crippen LogP contribution is -2.06. The number of aromatic nitrogens is 2. The Balaban J connectivity index is 1.83. The van der Waals surface area contributed by atoms with Crippen molar-refractivity contribution in [3.63, 3.8) is 0 Å². The van der Waals surface area contributed by atoms with Crippen LogP contribution < -0.4 is 0 Å². The third kappa shape index (κ3) is 3.57. The molecule has 1 heterocycles. The third-order valence-corrected chi connectivity index (χ3v) is 4.93. The lowest BCUT2D eigenvalue weighted by Gasteiger charge is -2.11. The van der Waals surface area contributed by atoms with Gasteiger partial charge in [-0.3, -0.25) is 0 Å². The molecule has 0 radical (unpaired) electrons. The molecular formula is C22H17ClN2O2. The van der Waals surface area contributed by atoms with Gasteiger partial charge in [0.1, 0.15) is 5.82 Å². The molecule has 0 unspecified atom stereocenters. The van der Waals surface area contributed by atoms with Crippen LogP contribution in [0.5, 0.6) is 0 Å². The number of hydrogen-bond acceptors (Lipinski definition) is 2. The topological polar surface area (TPSA) is 55.1 Å². The number of aromatic carboxylic acids is 1. The Kier molecular flexibility index (Phi) is 4.65. The van der Waals surface area contributed by atoms with Gasteiger partial charge in [-0.15, -0.1) is 0 Å². The van der Waals surface area contributed by atoms with Crippen LogP contribution >= 0.6 is 11.6 Å². The molecule has 4 aromatic rings. The molecule has 27 heavy (non-hydrogen) atoms. The van der Waals surface area contributed by atoms with Crippen LogP contribution in [0, 0.1) is 0 Å². The Morgan fingerprint density at radius 1 is 1.00 bits per heavy atom. The Hall–Kier alpha value is -3.11. The number of carbonyl (C=O) groups is 1. The number of hydrogen-bond donors (Lipinski definition) is 1. The molecule has 4 rings (SSSR count). The van der Waals surface area contributed by atoms with Crippen LogP contribution in [-0.4, -0.2) is 20.6 Å². The van der Waals surface area contributed by atoms with Crippen molar-refractivity contribution < 1.29 is 9.90 Å². The van der Waals surface area contributed by atoms with Crippen molar-refractivity contribution in [2.45, 2.75) is 13.0 Å². The molecule has 4 nitrogen and oxygen atoms in total. The van der Waals surface area contributed by atoms with Gasteiger partial charge < -0.3 is 9.67 Å². The van der Waals surface area contributed by atoms with Gasteiger partial charge in [0.05, 0.1) is 23.1 Å². The number of carboxylic acids is 1. The van der Waals surface area contributed by atoms with Gasteiger partial charge in [0, 0.05) is 11.4 Å². The van der Waals surface area contributed by atoms with Crippen LogP contribution in [0.3, 0.4) is 0 Å². The number of imidazole rings is 1. The van der Waals surface area contributed by atoms with E-state index in [1.165, 1.54) is 0 Å². The summed E-state index contributed by atoms with van der Waals surface area (Å²) in [5, 5.41) is 9.98. The van der Waals surface area contributed by atoms with Gasteiger partial charge in [-0.05, 0) is 35.4 Å². The highest BCUT2D eigenvalue weighted by Crippen LogP contribution is 2.24. The van der Waals surface area contributed by atoms with Crippen molar-refractivity contribution in [1.82, 2.24) is 9.55 Å². The number of rotatable bonds is 5. The fourth-order valence-electron chi connectivity index (χ4n) is 3.20. The average Bonchev–Trinajstić information content (AvgIpc) is 3.00. The fraction of sp³-hybridized carbons (Fsp3) is 0.0909. The minimum Gasteiger partial charge on any atom is -0.478 e. The first-order valence-corrected chi connectivity index (χ1v) is 8.99. The van der Waals surface area contributed by atoms with E-state index in [9.17, 15) is 9.90 Å². The number of benzene rings is 3. The van der Waals surface area contributed by atoms with Gasteiger partial charge in [0.15, 0.2) is 0 Å². The van der Waals surface area contributed by atoms with E-state index in [1.54, 1.807) is 12.1 Å². The van der Waals surface area contributed by atoms with E-state index in [2.05, 4.69) is 16.7 Å². The van der Waals surface area contributed by atoms with Crippen LogP contribution in [0.15, 0.2) is 72.8 Å². The third-order valence-electron chi connectivity index (χ3n) is 4.57. The van der Waals surface area contributed by atoms with E-state index in [0.29, 0.717) is 23.5 Å². The van der Waals surface area contributed by atoms with Crippen LogP contribution in [0.25, 0.3) is 11.0 Å². The maximum atomic E-state index is 11.3. The monoisotopic (exact) mass is 376 g/mol. The zero-order valence-corrected chi connectivity index (χ0v) is 15.2. The highest BCUT2D eigenvalue weighted by molar-refractivity contribution is 6.31. The molecule has 0 spiro atoms. The summed E-state index contributed by atoms with van der Waals surface area (Å²) in [6, 6.07) is 22.9. The van der Waals surface area contributed by atoms with Gasteiger partial charge in [-0.1, -0.05) is 60.1 Å². The van der Waals surface area contributed by atoms with Crippen molar-refractivity contribution >= 4 is 28.6 Å². The standard InChI is InChI=1S/C22H17ClN2O2/c23-18-9-5-4-8-17(18)14-25-20-11-10-16(22(26)27)13-19(20)24-21(25)12-15-6-2-1-3-7-15/h1-11,13H,12,14H2,(H,26,27). The SMILES string of the molecule is O=C(O)c1ccc2c(c1)nc(Cc1ccccc1)n2Cc1ccccc1Cl. The summed E-state index contributed by atoms with van der Waals surface area (Å²) in [5.74, 6) is -0.0826. The predicted molar refractivity (Wildman–Crippen MR) is 106 cm³/mol. The largest absolute Gasteiger partial charge is 0.478 e. The van der Waals surface area contributed by atoms with Crippen LogP contribution in [0.1, 0.15) is 27.3 Å². The van der Waals surface area contributed by atoms with E-state index in [0.717, 1.165) is 22.5 Å². The summed E-state index contributed by atoms with van der Waals surface area (Å²) in [6.45, 7) is 0.574. The molecule has 5 heteroatoms. The molecule has 1 aromatic heterocycles. The van der Waals surface area contributed by atoms with E-state index in [4.69, 9.17) is 16.6 Å². The normalized spacial score (nSPS) is 11.0. The minimum atomic E-state index is -0.956. The molecule has 0 aliphatic heterocycles. The summed E-state index contributed by atoms with van der Waals surface area (Å²) in [5.41, 5.74) is 3.94. The summed E-state index contributed by atoms with van der Waals surface area (Å²) in [4.78, 5) is 16.0. The molecule has 0 bridgehead atoms. The molecule has 0 aliphatic rings. The number of fused-ring (bicyclic) bond motifs is 1. The van der Waals surface area contributed by atoms with E-state index >= 15 is 0 Å². The Morgan fingerprint density at radius 2 is 1.74 bits per heavy atom. The molecule has 1 N–H and O–H groups in total. The molecule has 134 valence electrons. The lowest BCUT2D eigenvalue weighted by atomic mass is 10.1. The van der Waals surface area contributed by atoms with Crippen LogP contribution in [0.2, 0.25) is 5.02 Å². The van der Waals surface area contributed by atoms with Gasteiger partial charge in [-0.2, -0.15) is 0 Å². The summed E-state index contributed by atoms with van der Waals surface area (Å²) >= 11 is 6.36. The van der Waals surface area contributed by atoms with Crippen LogP contribution in [-0.2, 0) is 13.0 Å². The highest BCUT2D eigenvalue weighted by Gasteiger charge is 2.15. The zero-order chi connectivity index (χ0) is 18.8. The Bertz CT molecular complexity index is 1120. The molecule has 0 amide bonds. The van der Waals surface area contributed by atoms with E-state index in [-0.39, 0.29) is 5.56 Å². The first-order chi connectivity index (χ1) is 13.1. The van der Waals surface area contributed by atoms with Crippen molar-refractivity contribution in [3.8, 4) is 0 Å². The zero-order valence-electron chi connectivity index (χ0n) is 14.5. The smallest absolute Gasteiger partial charge is 0.335 e. The molecule has 0 saturated carbocycles. The Morgan fingerprint density at radius 3 is 2.48 bits per heavy atom. The Labute approximate surface area is 161 Å². The number of halogens is 1. The summed E-state index contributed by atoms with van der Waals surface area (Å²) in [7, 11) is 0. The van der Waals surface area contributed by atoms with Gasteiger partial charge in [0.25, 0.3) is 0 Å². The second-order valence-electron chi connectivity index (χ2n) is 6.38. The quantitative estimate of drug-likeness (QED) is 0.531. The van der Waals surface area contributed by atoms with Gasteiger partial charge >= 0.3 is 5.97 Å². The van der Waals surface area contributed by atoms with Crippen LogP contribution in [0.4, 0.5) is 0 Å². The molecule has 0 aliphatic carbocycles. The van der Waals surface area contributed by atoms with Gasteiger partial charge in [-0.25, -0.2) is 9.78 Å². The molecule has 0 atom stereocenters. The number of carboxylic acid groups (broad SMARTS) is 1. The summed E-state index contributed by atoms with van der Waals surface area (Å²) in [6.07, 6.45) is 0.655. The van der Waals surface area contributed by atoms with E-state index < -0.39 is 5.97 Å². The summed E-state index contributed by atoms with van der Waals surface area (Å²) < 4.78 is 2.11. The fourth-order valence-corrected chi connectivity index (χ4v) is 3.39. The van der Waals surface area contributed by atoms with Crippen molar-refractivity contribution in [2.75, 3.05) is 0 Å². The molecule has 3 aromatic carbocycles. The number of nitrogens with zero attached hydrogens (tertiary/aromatic N) is 2. The second-order valence-corrected chi connectivity index (χ2v) is 6.78. The maximum Gasteiger partial charge on any atom is 0.335 e. The van der Waals surface area contributed by atoms with Crippen molar-refractivity contribution in [3.05, 3.63) is 100 Å². The van der Waals surface area contributed by atoms with E-state index in [1.807, 2.05) is 48.5 Å². The molecular weight excluding hydrogens is 360 g/mol. The van der Waals surface area contributed by atoms with Gasteiger partial charge in [0.2, 0.25) is 0 Å². The first kappa shape index (κ1) is 17.3. The average molecular weight is 377 g/mol. The predicted octanol–water partition coefficient (Wildman–Crippen LogP) is 5.03. The van der Waals surface area contributed by atoms with Crippen molar-refractivity contribution in [1.29, 1.82) is 0 Å².